The highest BCUT2D eigenvalue weighted by atomic mass is 16.4. The van der Waals surface area contributed by atoms with Crippen molar-refractivity contribution in [2.45, 2.75) is 6.54 Å². The normalized spacial score (nSPS) is 17.6. The second-order valence-electron chi connectivity index (χ2n) is 5.15. The number of aliphatic carboxylic acids is 1. The van der Waals surface area contributed by atoms with Gasteiger partial charge in [-0.25, -0.2) is 4.98 Å². The van der Waals surface area contributed by atoms with E-state index in [2.05, 4.69) is 14.9 Å². The molecule has 1 aliphatic rings. The summed E-state index contributed by atoms with van der Waals surface area (Å²) >= 11 is 0. The fraction of sp³-hybridized carbons (Fsp3) is 0.429. The van der Waals surface area contributed by atoms with Crippen LogP contribution in [0.2, 0.25) is 0 Å². The smallest absolute Gasteiger partial charge is 0.317 e. The summed E-state index contributed by atoms with van der Waals surface area (Å²) in [5, 5.41) is 8.78. The molecule has 2 heterocycles. The summed E-state index contributed by atoms with van der Waals surface area (Å²) in [5.74, 6) is 0.216. The Morgan fingerprint density at radius 1 is 1.20 bits per heavy atom. The zero-order valence-corrected chi connectivity index (χ0v) is 11.2. The third kappa shape index (κ3) is 2.97. The van der Waals surface area contributed by atoms with Gasteiger partial charge in [0.1, 0.15) is 5.82 Å². The minimum absolute atomic E-state index is 0.137. The molecule has 1 fully saturated rings. The van der Waals surface area contributed by atoms with Crippen LogP contribution in [-0.4, -0.2) is 63.6 Å². The van der Waals surface area contributed by atoms with Gasteiger partial charge in [0.05, 0.1) is 24.1 Å². The molecular formula is C14H18N4O2. The Balaban J connectivity index is 1.58. The summed E-state index contributed by atoms with van der Waals surface area (Å²) in [6, 6.07) is 8.00. The number of piperazine rings is 1. The lowest BCUT2D eigenvalue weighted by Gasteiger charge is -2.33. The second kappa shape index (κ2) is 5.60. The van der Waals surface area contributed by atoms with Gasteiger partial charge in [0.15, 0.2) is 0 Å². The molecule has 1 aliphatic heterocycles. The molecule has 0 unspecified atom stereocenters. The van der Waals surface area contributed by atoms with E-state index >= 15 is 0 Å². The van der Waals surface area contributed by atoms with Crippen LogP contribution in [0.5, 0.6) is 0 Å². The molecule has 0 atom stereocenters. The van der Waals surface area contributed by atoms with Gasteiger partial charge in [0.25, 0.3) is 0 Å². The van der Waals surface area contributed by atoms with Crippen molar-refractivity contribution in [3.8, 4) is 0 Å². The van der Waals surface area contributed by atoms with Crippen LogP contribution in [0.15, 0.2) is 24.3 Å². The lowest BCUT2D eigenvalue weighted by atomic mass is 10.3. The van der Waals surface area contributed by atoms with Gasteiger partial charge in [-0.05, 0) is 12.1 Å². The summed E-state index contributed by atoms with van der Waals surface area (Å²) < 4.78 is 0. The summed E-state index contributed by atoms with van der Waals surface area (Å²) in [5.41, 5.74) is 2.05. The molecule has 20 heavy (non-hydrogen) atoms. The number of carboxylic acids is 1. The minimum atomic E-state index is -0.754. The Kier molecular flexibility index (Phi) is 3.66. The highest BCUT2D eigenvalue weighted by Gasteiger charge is 2.19. The van der Waals surface area contributed by atoms with E-state index in [1.807, 2.05) is 29.2 Å². The number of fused-ring (bicyclic) bond motifs is 1. The van der Waals surface area contributed by atoms with E-state index in [-0.39, 0.29) is 6.54 Å². The van der Waals surface area contributed by atoms with Gasteiger partial charge in [-0.3, -0.25) is 14.6 Å². The van der Waals surface area contributed by atoms with E-state index in [1.54, 1.807) is 0 Å². The number of para-hydroxylation sites is 2. The predicted molar refractivity (Wildman–Crippen MR) is 75.4 cm³/mol. The second-order valence-corrected chi connectivity index (χ2v) is 5.15. The summed E-state index contributed by atoms with van der Waals surface area (Å²) in [7, 11) is 0. The lowest BCUT2D eigenvalue weighted by molar-refractivity contribution is -0.138. The molecule has 6 nitrogen and oxygen atoms in total. The van der Waals surface area contributed by atoms with Gasteiger partial charge in [-0.2, -0.15) is 0 Å². The van der Waals surface area contributed by atoms with Crippen LogP contribution in [0, 0.1) is 0 Å². The number of benzene rings is 1. The first-order chi connectivity index (χ1) is 9.70. The first-order valence-electron chi connectivity index (χ1n) is 6.81. The Bertz CT molecular complexity index is 569. The van der Waals surface area contributed by atoms with E-state index in [9.17, 15) is 4.79 Å². The Hall–Kier alpha value is -1.92. The van der Waals surface area contributed by atoms with Crippen LogP contribution in [0.1, 0.15) is 5.82 Å². The maximum atomic E-state index is 10.7. The first kappa shape index (κ1) is 13.1. The standard InChI is InChI=1S/C14H18N4O2/c19-14(20)10-18-7-5-17(6-8-18)9-13-15-11-3-1-2-4-12(11)16-13/h1-4H,5-10H2,(H,15,16)(H,19,20). The third-order valence-corrected chi connectivity index (χ3v) is 3.64. The predicted octanol–water partition coefficient (Wildman–Crippen LogP) is 0.765. The molecule has 0 spiro atoms. The number of rotatable bonds is 4. The SMILES string of the molecule is O=C(O)CN1CCN(Cc2nc3ccccc3[nH]2)CC1. The van der Waals surface area contributed by atoms with Crippen LogP contribution in [0.25, 0.3) is 11.0 Å². The molecule has 3 rings (SSSR count). The molecule has 1 aromatic heterocycles. The number of H-pyrrole nitrogens is 1. The Morgan fingerprint density at radius 3 is 2.60 bits per heavy atom. The molecule has 0 amide bonds. The van der Waals surface area contributed by atoms with Crippen LogP contribution >= 0.6 is 0 Å². The number of carboxylic acid groups (broad SMARTS) is 1. The number of aromatic nitrogens is 2. The molecule has 0 bridgehead atoms. The zero-order valence-electron chi connectivity index (χ0n) is 11.2. The molecular weight excluding hydrogens is 256 g/mol. The first-order valence-corrected chi connectivity index (χ1v) is 6.81. The van der Waals surface area contributed by atoms with Crippen molar-refractivity contribution >= 4 is 17.0 Å². The van der Waals surface area contributed by atoms with Crippen molar-refractivity contribution in [1.82, 2.24) is 19.8 Å². The van der Waals surface area contributed by atoms with Crippen molar-refractivity contribution in [3.05, 3.63) is 30.1 Å². The maximum Gasteiger partial charge on any atom is 0.317 e. The number of hydrogen-bond acceptors (Lipinski definition) is 4. The van der Waals surface area contributed by atoms with Crippen LogP contribution < -0.4 is 0 Å². The van der Waals surface area contributed by atoms with Gasteiger partial charge >= 0.3 is 5.97 Å². The van der Waals surface area contributed by atoms with Gasteiger partial charge in [-0.15, -0.1) is 0 Å². The maximum absolute atomic E-state index is 10.7. The van der Waals surface area contributed by atoms with E-state index in [4.69, 9.17) is 5.11 Å². The molecule has 6 heteroatoms. The summed E-state index contributed by atoms with van der Waals surface area (Å²) in [6.07, 6.45) is 0. The van der Waals surface area contributed by atoms with Gasteiger partial charge < -0.3 is 10.1 Å². The number of hydrogen-bond donors (Lipinski definition) is 2. The molecule has 0 aliphatic carbocycles. The number of carbonyl (C=O) groups is 1. The fourth-order valence-corrected chi connectivity index (χ4v) is 2.59. The molecule has 2 aromatic rings. The van der Waals surface area contributed by atoms with E-state index < -0.39 is 5.97 Å². The number of nitrogens with zero attached hydrogens (tertiary/aromatic N) is 3. The molecule has 0 saturated carbocycles. The van der Waals surface area contributed by atoms with Gasteiger partial charge in [-0.1, -0.05) is 12.1 Å². The van der Waals surface area contributed by atoms with E-state index in [0.29, 0.717) is 0 Å². The van der Waals surface area contributed by atoms with Crippen LogP contribution in [-0.2, 0) is 11.3 Å². The summed E-state index contributed by atoms with van der Waals surface area (Å²) in [4.78, 5) is 22.8. The van der Waals surface area contributed by atoms with Crippen molar-refractivity contribution < 1.29 is 9.90 Å². The summed E-state index contributed by atoms with van der Waals surface area (Å²) in [6.45, 7) is 4.28. The highest BCUT2D eigenvalue weighted by molar-refractivity contribution is 5.74. The average molecular weight is 274 g/mol. The van der Waals surface area contributed by atoms with Crippen molar-refractivity contribution in [1.29, 1.82) is 0 Å². The minimum Gasteiger partial charge on any atom is -0.480 e. The highest BCUT2D eigenvalue weighted by Crippen LogP contribution is 2.12. The topological polar surface area (TPSA) is 72.5 Å². The Labute approximate surface area is 117 Å². The average Bonchev–Trinajstić information content (AvgIpc) is 2.82. The molecule has 1 aromatic carbocycles. The number of imidazole rings is 1. The molecule has 2 N–H and O–H groups in total. The molecule has 106 valence electrons. The van der Waals surface area contributed by atoms with E-state index in [0.717, 1.165) is 49.6 Å². The lowest BCUT2D eigenvalue weighted by Crippen LogP contribution is -2.47. The van der Waals surface area contributed by atoms with E-state index in [1.165, 1.54) is 0 Å². The van der Waals surface area contributed by atoms with Crippen molar-refractivity contribution in [2.24, 2.45) is 0 Å². The van der Waals surface area contributed by atoms with Gasteiger partial charge in [0.2, 0.25) is 0 Å². The van der Waals surface area contributed by atoms with Crippen molar-refractivity contribution in [2.75, 3.05) is 32.7 Å². The Morgan fingerprint density at radius 2 is 1.90 bits per heavy atom. The fourth-order valence-electron chi connectivity index (χ4n) is 2.59. The van der Waals surface area contributed by atoms with Gasteiger partial charge in [0, 0.05) is 26.2 Å². The molecule has 1 saturated heterocycles. The third-order valence-electron chi connectivity index (χ3n) is 3.64. The number of aromatic amines is 1. The van der Waals surface area contributed by atoms with Crippen LogP contribution in [0.3, 0.4) is 0 Å². The van der Waals surface area contributed by atoms with Crippen molar-refractivity contribution in [3.63, 3.8) is 0 Å². The molecule has 0 radical (unpaired) electrons. The quantitative estimate of drug-likeness (QED) is 0.861. The number of nitrogens with one attached hydrogen (secondary N) is 1. The monoisotopic (exact) mass is 274 g/mol. The van der Waals surface area contributed by atoms with Crippen LogP contribution in [0.4, 0.5) is 0 Å². The zero-order chi connectivity index (χ0) is 13.9. The largest absolute Gasteiger partial charge is 0.480 e.